The van der Waals surface area contributed by atoms with Crippen molar-refractivity contribution >= 4 is 12.0 Å². The van der Waals surface area contributed by atoms with Gasteiger partial charge in [0.2, 0.25) is 5.91 Å². The number of ether oxygens (including phenoxy) is 1. The topological polar surface area (TPSA) is 72.6 Å². The van der Waals surface area contributed by atoms with Gasteiger partial charge in [-0.1, -0.05) is 66.2 Å². The summed E-state index contributed by atoms with van der Waals surface area (Å²) in [6.45, 7) is 2.90. The second-order valence-electron chi connectivity index (χ2n) is 5.88. The van der Waals surface area contributed by atoms with E-state index in [9.17, 15) is 9.59 Å². The van der Waals surface area contributed by atoms with Crippen molar-refractivity contribution in [2.24, 2.45) is 11.7 Å². The fourth-order valence-corrected chi connectivity index (χ4v) is 2.52. The molecule has 2 N–H and O–H groups in total. The first-order valence-corrected chi connectivity index (χ1v) is 8.35. The Bertz CT molecular complexity index is 674. The molecule has 2 amide bonds. The highest BCUT2D eigenvalue weighted by Gasteiger charge is 2.32. The number of hydrogen-bond acceptors (Lipinski definition) is 4. The second-order valence-corrected chi connectivity index (χ2v) is 5.88. The van der Waals surface area contributed by atoms with Crippen LogP contribution >= 0.6 is 0 Å². The molecule has 0 aromatic heterocycles. The second kappa shape index (κ2) is 9.59. The van der Waals surface area contributed by atoms with Gasteiger partial charge in [-0.25, -0.2) is 9.69 Å². The van der Waals surface area contributed by atoms with Crippen molar-refractivity contribution in [2.75, 3.05) is 19.7 Å². The molecular weight excluding hydrogens is 316 g/mol. The third kappa shape index (κ3) is 5.72. The van der Waals surface area contributed by atoms with Crippen LogP contribution in [0.15, 0.2) is 60.7 Å². The van der Waals surface area contributed by atoms with Crippen LogP contribution in [0.2, 0.25) is 0 Å². The number of rotatable bonds is 4. The van der Waals surface area contributed by atoms with Crippen molar-refractivity contribution in [3.63, 3.8) is 0 Å². The Balaban J connectivity index is 0.000000269. The first-order chi connectivity index (χ1) is 12.1. The maximum atomic E-state index is 12.1. The summed E-state index contributed by atoms with van der Waals surface area (Å²) in [6.07, 6.45) is -0.0218. The molecule has 1 atom stereocenters. The summed E-state index contributed by atoms with van der Waals surface area (Å²) in [5.41, 5.74) is 7.99. The van der Waals surface area contributed by atoms with E-state index in [2.05, 4.69) is 19.1 Å². The summed E-state index contributed by atoms with van der Waals surface area (Å²) in [6, 6.07) is 19.9. The molecule has 1 fully saturated rings. The van der Waals surface area contributed by atoms with Crippen LogP contribution in [0.4, 0.5) is 4.79 Å². The minimum absolute atomic E-state index is 0.220. The zero-order valence-corrected chi connectivity index (χ0v) is 14.4. The van der Waals surface area contributed by atoms with Gasteiger partial charge >= 0.3 is 6.09 Å². The molecule has 2 aromatic rings. The summed E-state index contributed by atoms with van der Waals surface area (Å²) in [7, 11) is 0. The van der Waals surface area contributed by atoms with E-state index in [-0.39, 0.29) is 25.0 Å². The molecule has 1 saturated heterocycles. The Labute approximate surface area is 148 Å². The average molecular weight is 340 g/mol. The standard InChI is InChI=1S/C13H16N2O3.C7H8/c14-9-11(8-10-4-2-1-3-5-10)12(16)15-6-7-18-13(15)17;1-7-5-3-2-4-6-7/h1-5,11H,6-9,14H2;2-6H,1H3. The SMILES string of the molecule is Cc1ccccc1.NCC(Cc1ccccc1)C(=O)N1CCOC1=O. The van der Waals surface area contributed by atoms with E-state index in [1.54, 1.807) is 0 Å². The van der Waals surface area contributed by atoms with E-state index >= 15 is 0 Å². The lowest BCUT2D eigenvalue weighted by molar-refractivity contribution is -0.131. The van der Waals surface area contributed by atoms with Gasteiger partial charge in [0.25, 0.3) is 0 Å². The fraction of sp³-hybridized carbons (Fsp3) is 0.300. The van der Waals surface area contributed by atoms with E-state index in [1.165, 1.54) is 5.56 Å². The van der Waals surface area contributed by atoms with Gasteiger partial charge in [-0.3, -0.25) is 4.79 Å². The lowest BCUT2D eigenvalue weighted by Gasteiger charge is -2.18. The Kier molecular flexibility index (Phi) is 7.16. The number of benzene rings is 2. The molecule has 5 nitrogen and oxygen atoms in total. The van der Waals surface area contributed by atoms with Crippen molar-refractivity contribution in [1.82, 2.24) is 4.90 Å². The minimum atomic E-state index is -0.563. The van der Waals surface area contributed by atoms with E-state index in [0.29, 0.717) is 13.0 Å². The number of cyclic esters (lactones) is 1. The molecule has 0 saturated carbocycles. The molecule has 0 bridgehead atoms. The molecule has 2 aromatic carbocycles. The van der Waals surface area contributed by atoms with Crippen LogP contribution in [0.1, 0.15) is 11.1 Å². The summed E-state index contributed by atoms with van der Waals surface area (Å²) >= 11 is 0. The zero-order chi connectivity index (χ0) is 18.1. The predicted molar refractivity (Wildman–Crippen MR) is 96.9 cm³/mol. The Morgan fingerprint density at radius 3 is 2.16 bits per heavy atom. The number of nitrogens with two attached hydrogens (primary N) is 1. The van der Waals surface area contributed by atoms with Gasteiger partial charge in [-0.2, -0.15) is 0 Å². The summed E-state index contributed by atoms with van der Waals surface area (Å²) in [4.78, 5) is 24.6. The molecule has 0 spiro atoms. The van der Waals surface area contributed by atoms with Crippen molar-refractivity contribution in [3.05, 3.63) is 71.8 Å². The lowest BCUT2D eigenvalue weighted by Crippen LogP contribution is -2.40. The predicted octanol–water partition coefficient (Wildman–Crippen LogP) is 2.78. The van der Waals surface area contributed by atoms with Gasteiger partial charge in [-0.05, 0) is 18.9 Å². The number of imide groups is 1. The quantitative estimate of drug-likeness (QED) is 0.929. The molecule has 1 aliphatic rings. The highest BCUT2D eigenvalue weighted by Crippen LogP contribution is 2.14. The molecule has 3 rings (SSSR count). The smallest absolute Gasteiger partial charge is 0.416 e. The van der Waals surface area contributed by atoms with Crippen molar-refractivity contribution in [1.29, 1.82) is 0 Å². The first kappa shape index (κ1) is 18.7. The van der Waals surface area contributed by atoms with E-state index in [0.717, 1.165) is 10.5 Å². The average Bonchev–Trinajstić information content (AvgIpc) is 3.07. The summed E-state index contributed by atoms with van der Waals surface area (Å²) in [5, 5.41) is 0. The number of hydrogen-bond donors (Lipinski definition) is 1. The maximum absolute atomic E-state index is 12.1. The summed E-state index contributed by atoms with van der Waals surface area (Å²) < 4.78 is 4.76. The molecule has 0 aliphatic carbocycles. The van der Waals surface area contributed by atoms with E-state index in [1.807, 2.05) is 48.5 Å². The Morgan fingerprint density at radius 1 is 1.12 bits per heavy atom. The van der Waals surface area contributed by atoms with Crippen LogP contribution in [-0.4, -0.2) is 36.6 Å². The van der Waals surface area contributed by atoms with Crippen LogP contribution in [-0.2, 0) is 16.0 Å². The number of carbonyl (C=O) groups is 2. The zero-order valence-electron chi connectivity index (χ0n) is 14.4. The molecule has 1 heterocycles. The normalized spacial score (nSPS) is 14.3. The van der Waals surface area contributed by atoms with Crippen LogP contribution in [0.25, 0.3) is 0 Å². The van der Waals surface area contributed by atoms with Crippen molar-refractivity contribution in [2.45, 2.75) is 13.3 Å². The monoisotopic (exact) mass is 340 g/mol. The van der Waals surface area contributed by atoms with E-state index in [4.69, 9.17) is 10.5 Å². The molecule has 5 heteroatoms. The van der Waals surface area contributed by atoms with Gasteiger partial charge in [-0.15, -0.1) is 0 Å². The Hall–Kier alpha value is -2.66. The van der Waals surface area contributed by atoms with Crippen LogP contribution in [0.3, 0.4) is 0 Å². The number of carbonyl (C=O) groups excluding carboxylic acids is 2. The van der Waals surface area contributed by atoms with E-state index < -0.39 is 6.09 Å². The van der Waals surface area contributed by atoms with Gasteiger partial charge in [0.1, 0.15) is 6.61 Å². The summed E-state index contributed by atoms with van der Waals surface area (Å²) in [5.74, 6) is -0.623. The minimum Gasteiger partial charge on any atom is -0.447 e. The number of aryl methyl sites for hydroxylation is 1. The number of amides is 2. The molecule has 132 valence electrons. The number of nitrogens with zero attached hydrogens (tertiary/aromatic N) is 1. The van der Waals surface area contributed by atoms with Crippen LogP contribution < -0.4 is 5.73 Å². The van der Waals surface area contributed by atoms with Gasteiger partial charge in [0.15, 0.2) is 0 Å². The van der Waals surface area contributed by atoms with Gasteiger partial charge in [0, 0.05) is 6.54 Å². The molecule has 25 heavy (non-hydrogen) atoms. The maximum Gasteiger partial charge on any atom is 0.416 e. The first-order valence-electron chi connectivity index (χ1n) is 8.35. The third-order valence-electron chi connectivity index (χ3n) is 3.93. The van der Waals surface area contributed by atoms with Crippen LogP contribution in [0.5, 0.6) is 0 Å². The highest BCUT2D eigenvalue weighted by molar-refractivity contribution is 5.94. The molecular formula is C20H24N2O3. The molecule has 1 unspecified atom stereocenters. The Morgan fingerprint density at radius 2 is 1.72 bits per heavy atom. The van der Waals surface area contributed by atoms with Crippen molar-refractivity contribution < 1.29 is 14.3 Å². The fourth-order valence-electron chi connectivity index (χ4n) is 2.52. The molecule has 0 radical (unpaired) electrons. The molecule has 1 aliphatic heterocycles. The third-order valence-corrected chi connectivity index (χ3v) is 3.93. The largest absolute Gasteiger partial charge is 0.447 e. The van der Waals surface area contributed by atoms with Gasteiger partial charge < -0.3 is 10.5 Å². The van der Waals surface area contributed by atoms with Crippen molar-refractivity contribution in [3.8, 4) is 0 Å². The highest BCUT2D eigenvalue weighted by atomic mass is 16.6. The lowest BCUT2D eigenvalue weighted by atomic mass is 9.98. The van der Waals surface area contributed by atoms with Gasteiger partial charge in [0.05, 0.1) is 12.5 Å². The van der Waals surface area contributed by atoms with Crippen LogP contribution in [0, 0.1) is 12.8 Å².